The Hall–Kier alpha value is -2.12. The second-order valence-electron chi connectivity index (χ2n) is 6.57. The second kappa shape index (κ2) is 7.86. The molecule has 2 aromatic carbocycles. The van der Waals surface area contributed by atoms with Crippen LogP contribution in [0.1, 0.15) is 24.2 Å². The summed E-state index contributed by atoms with van der Waals surface area (Å²) in [7, 11) is -3.30. The van der Waals surface area contributed by atoms with Gasteiger partial charge in [0.1, 0.15) is 5.75 Å². The van der Waals surface area contributed by atoms with Crippen LogP contribution in [0.3, 0.4) is 0 Å². The molecule has 1 aliphatic heterocycles. The molecule has 5 nitrogen and oxygen atoms in total. The van der Waals surface area contributed by atoms with Crippen LogP contribution in [-0.2, 0) is 9.84 Å². The Kier molecular flexibility index (Phi) is 5.72. The van der Waals surface area contributed by atoms with Gasteiger partial charge in [0.05, 0.1) is 17.9 Å². The molecule has 0 fully saturated rings. The molecule has 1 aliphatic rings. The lowest BCUT2D eigenvalue weighted by Gasteiger charge is -2.28. The average Bonchev–Trinajstić information content (AvgIpc) is 2.96. The molecule has 0 N–H and O–H groups in total. The van der Waals surface area contributed by atoms with Crippen molar-refractivity contribution in [1.82, 2.24) is 0 Å². The van der Waals surface area contributed by atoms with Crippen molar-refractivity contribution in [3.63, 3.8) is 0 Å². The van der Waals surface area contributed by atoms with Gasteiger partial charge in [0.15, 0.2) is 9.84 Å². The smallest absolute Gasteiger partial charge is 0.258 e. The maximum Gasteiger partial charge on any atom is 0.258 e. The molecular formula is C20H20BrNO4S. The molecule has 0 aromatic heterocycles. The van der Waals surface area contributed by atoms with Gasteiger partial charge in [-0.1, -0.05) is 15.9 Å². The summed E-state index contributed by atoms with van der Waals surface area (Å²) in [5, 5.41) is 1.18. The van der Waals surface area contributed by atoms with Crippen LogP contribution in [0, 0.1) is 0 Å². The number of hydrogen-bond acceptors (Lipinski definition) is 4. The van der Waals surface area contributed by atoms with Gasteiger partial charge >= 0.3 is 0 Å². The first-order valence-electron chi connectivity index (χ1n) is 8.52. The number of rotatable bonds is 5. The third-order valence-corrected chi connectivity index (χ3v) is 5.95. The van der Waals surface area contributed by atoms with E-state index in [1.165, 1.54) is 10.3 Å². The molecule has 0 spiro atoms. The molecule has 3 rings (SSSR count). The summed E-state index contributed by atoms with van der Waals surface area (Å²) in [6.07, 6.45) is 1.60. The average molecular weight is 450 g/mol. The van der Waals surface area contributed by atoms with Crippen LogP contribution in [0.5, 0.6) is 5.75 Å². The highest BCUT2D eigenvalue weighted by atomic mass is 79.9. The van der Waals surface area contributed by atoms with Crippen LogP contribution in [0.15, 0.2) is 64.5 Å². The summed E-state index contributed by atoms with van der Waals surface area (Å²) >= 11 is 3.38. The van der Waals surface area contributed by atoms with E-state index in [1.54, 1.807) is 42.5 Å². The predicted molar refractivity (Wildman–Crippen MR) is 110 cm³/mol. The molecule has 0 radical (unpaired) electrons. The number of nitrogens with zero attached hydrogens (tertiary/aromatic N) is 1. The topological polar surface area (TPSA) is 63.7 Å². The number of sulfone groups is 1. The predicted octanol–water partition coefficient (Wildman–Crippen LogP) is 4.19. The van der Waals surface area contributed by atoms with Gasteiger partial charge < -0.3 is 9.64 Å². The van der Waals surface area contributed by atoms with Crippen molar-refractivity contribution in [2.45, 2.75) is 26.0 Å². The van der Waals surface area contributed by atoms with Crippen LogP contribution in [-0.4, -0.2) is 32.2 Å². The Labute approximate surface area is 167 Å². The maximum atomic E-state index is 13.2. The van der Waals surface area contributed by atoms with E-state index in [4.69, 9.17) is 4.74 Å². The van der Waals surface area contributed by atoms with Crippen molar-refractivity contribution in [2.24, 2.45) is 0 Å². The lowest BCUT2D eigenvalue weighted by molar-refractivity contribution is 0.0983. The van der Waals surface area contributed by atoms with Gasteiger partial charge in [-0.05, 0) is 68.5 Å². The Morgan fingerprint density at radius 2 is 1.74 bits per heavy atom. The Bertz CT molecular complexity index is 950. The molecule has 1 amide bonds. The number of ether oxygens (including phenoxy) is 1. The first-order chi connectivity index (χ1) is 12.7. The fourth-order valence-corrected chi connectivity index (χ4v) is 4.40. The zero-order valence-corrected chi connectivity index (χ0v) is 17.4. The summed E-state index contributed by atoms with van der Waals surface area (Å²) < 4.78 is 30.3. The number of amides is 1. The minimum absolute atomic E-state index is 0.0413. The second-order valence-corrected chi connectivity index (χ2v) is 9.41. The fraction of sp³-hybridized carbons (Fsp3) is 0.250. The number of halogens is 1. The number of hydrogen-bond donors (Lipinski definition) is 0. The van der Waals surface area contributed by atoms with Crippen molar-refractivity contribution >= 4 is 37.4 Å². The summed E-state index contributed by atoms with van der Waals surface area (Å²) in [4.78, 5) is 14.7. The van der Waals surface area contributed by atoms with E-state index in [1.807, 2.05) is 26.0 Å². The van der Waals surface area contributed by atoms with Gasteiger partial charge in [-0.25, -0.2) is 8.42 Å². The molecule has 2 aromatic rings. The number of benzene rings is 2. The highest BCUT2D eigenvalue weighted by molar-refractivity contribution is 9.10. The number of anilines is 1. The van der Waals surface area contributed by atoms with Crippen molar-refractivity contribution < 1.29 is 17.9 Å². The molecule has 1 atom stereocenters. The normalized spacial score (nSPS) is 17.9. The van der Waals surface area contributed by atoms with Crippen LogP contribution < -0.4 is 9.64 Å². The van der Waals surface area contributed by atoms with Crippen molar-refractivity contribution in [3.8, 4) is 5.75 Å². The molecule has 142 valence electrons. The van der Waals surface area contributed by atoms with Crippen LogP contribution >= 0.6 is 15.9 Å². The van der Waals surface area contributed by atoms with Gasteiger partial charge in [0, 0.05) is 21.1 Å². The van der Waals surface area contributed by atoms with E-state index in [9.17, 15) is 13.2 Å². The van der Waals surface area contributed by atoms with E-state index in [2.05, 4.69) is 15.9 Å². The Balaban J connectivity index is 1.93. The first kappa shape index (κ1) is 19.6. The first-order valence-corrected chi connectivity index (χ1v) is 11.0. The SMILES string of the molecule is CC(C)Oc1ccc(C(=O)N(c2ccc(Br)cc2)[C@@H]2C=CS(=O)(=O)C2)cc1. The van der Waals surface area contributed by atoms with Crippen molar-refractivity contribution in [2.75, 3.05) is 10.7 Å². The third kappa shape index (κ3) is 4.78. The van der Waals surface area contributed by atoms with E-state index < -0.39 is 15.9 Å². The molecule has 0 unspecified atom stereocenters. The minimum Gasteiger partial charge on any atom is -0.491 e. The largest absolute Gasteiger partial charge is 0.491 e. The van der Waals surface area contributed by atoms with Crippen molar-refractivity contribution in [1.29, 1.82) is 0 Å². The van der Waals surface area contributed by atoms with E-state index in [-0.39, 0.29) is 17.8 Å². The molecular weight excluding hydrogens is 430 g/mol. The highest BCUT2D eigenvalue weighted by Crippen LogP contribution is 2.27. The highest BCUT2D eigenvalue weighted by Gasteiger charge is 2.32. The van der Waals surface area contributed by atoms with E-state index >= 15 is 0 Å². The molecule has 27 heavy (non-hydrogen) atoms. The van der Waals surface area contributed by atoms with Crippen LogP contribution in [0.2, 0.25) is 0 Å². The number of carbonyl (C=O) groups is 1. The van der Waals surface area contributed by atoms with Gasteiger partial charge in [-0.15, -0.1) is 0 Å². The van der Waals surface area contributed by atoms with Gasteiger partial charge in [-0.2, -0.15) is 0 Å². The van der Waals surface area contributed by atoms with E-state index in [0.717, 1.165) is 4.47 Å². The zero-order valence-electron chi connectivity index (χ0n) is 15.0. The van der Waals surface area contributed by atoms with Gasteiger partial charge in [0.25, 0.3) is 5.91 Å². The van der Waals surface area contributed by atoms with Gasteiger partial charge in [0.2, 0.25) is 0 Å². The minimum atomic E-state index is -3.30. The lowest BCUT2D eigenvalue weighted by Crippen LogP contribution is -2.41. The zero-order chi connectivity index (χ0) is 19.6. The van der Waals surface area contributed by atoms with Crippen LogP contribution in [0.4, 0.5) is 5.69 Å². The molecule has 1 heterocycles. The fourth-order valence-electron chi connectivity index (χ4n) is 2.87. The Morgan fingerprint density at radius 3 is 2.26 bits per heavy atom. The summed E-state index contributed by atoms with van der Waals surface area (Å²) in [6.45, 7) is 3.86. The molecule has 0 bridgehead atoms. The molecule has 7 heteroatoms. The summed E-state index contributed by atoms with van der Waals surface area (Å²) in [6, 6.07) is 13.6. The van der Waals surface area contributed by atoms with E-state index in [0.29, 0.717) is 17.0 Å². The quantitative estimate of drug-likeness (QED) is 0.685. The Morgan fingerprint density at radius 1 is 1.11 bits per heavy atom. The molecule has 0 aliphatic carbocycles. The van der Waals surface area contributed by atoms with Crippen molar-refractivity contribution in [3.05, 3.63) is 70.1 Å². The lowest BCUT2D eigenvalue weighted by atomic mass is 10.1. The molecule has 0 saturated heterocycles. The summed E-state index contributed by atoms with van der Waals surface area (Å²) in [5.41, 5.74) is 1.10. The summed E-state index contributed by atoms with van der Waals surface area (Å²) in [5.74, 6) is 0.295. The third-order valence-electron chi connectivity index (χ3n) is 4.04. The standard InChI is InChI=1S/C20H20BrNO4S/c1-14(2)26-19-9-3-15(4-10-19)20(23)22(17-7-5-16(21)6-8-17)18-11-12-27(24,25)13-18/h3-12,14,18H,13H2,1-2H3/t18-/m1/s1. The maximum absolute atomic E-state index is 13.2. The molecule has 0 saturated carbocycles. The van der Waals surface area contributed by atoms with Gasteiger partial charge in [-0.3, -0.25) is 4.79 Å². The number of carbonyl (C=O) groups excluding carboxylic acids is 1. The monoisotopic (exact) mass is 449 g/mol. The van der Waals surface area contributed by atoms with Crippen LogP contribution in [0.25, 0.3) is 0 Å².